The Morgan fingerprint density at radius 1 is 0.671 bits per heavy atom. The molecule has 3 fully saturated rings. The van der Waals surface area contributed by atoms with E-state index < -0.39 is 178 Å². The first-order valence-corrected chi connectivity index (χ1v) is 27.9. The Hall–Kier alpha value is -3.39. The van der Waals surface area contributed by atoms with Gasteiger partial charge >= 0.3 is 5.97 Å². The number of halogens is 1. The van der Waals surface area contributed by atoms with Crippen molar-refractivity contribution in [3.8, 4) is 0 Å². The molecule has 4 rings (SSSR count). The van der Waals surface area contributed by atoms with Gasteiger partial charge in [-0.25, -0.2) is 0 Å². The van der Waals surface area contributed by atoms with E-state index in [1.165, 1.54) is 13.0 Å². The van der Waals surface area contributed by atoms with Crippen molar-refractivity contribution >= 4 is 24.3 Å². The summed E-state index contributed by atoms with van der Waals surface area (Å²) in [6.45, 7) is 6.05. The minimum Gasteiger partial charge on any atom is -0.462 e. The Kier molecular flexibility index (Phi) is 31.4. The first-order chi connectivity index (χ1) is 38.1. The Labute approximate surface area is 486 Å². The number of hydrogen-bond donors (Lipinski definition) is 16. The molecule has 82 heavy (non-hydrogen) atoms. The largest absolute Gasteiger partial charge is 0.462 e. The van der Waals surface area contributed by atoms with Gasteiger partial charge in [0.1, 0.15) is 30.5 Å². The molecular formula is C57H94ClN3O21. The smallest absolute Gasteiger partial charge is 0.308 e. The van der Waals surface area contributed by atoms with Gasteiger partial charge in [-0.05, 0) is 53.6 Å². The highest BCUT2D eigenvalue weighted by molar-refractivity contribution is 5.85. The van der Waals surface area contributed by atoms with Crippen LogP contribution in [0.25, 0.3) is 0 Å². The summed E-state index contributed by atoms with van der Waals surface area (Å²) in [5.74, 6) is -8.41. The number of fused-ring (bicyclic) bond motifs is 2. The molecule has 24 nitrogen and oxygen atoms in total. The number of ether oxygens (including phenoxy) is 5. The third kappa shape index (κ3) is 23.1. The van der Waals surface area contributed by atoms with Crippen molar-refractivity contribution in [1.29, 1.82) is 0 Å². The number of carbonyl (C=O) groups excluding carboxylic acids is 2. The van der Waals surface area contributed by atoms with Crippen LogP contribution in [0.15, 0.2) is 85.1 Å². The summed E-state index contributed by atoms with van der Waals surface area (Å²) in [5.41, 5.74) is 0. The van der Waals surface area contributed by atoms with Gasteiger partial charge in [0.05, 0.1) is 98.7 Å². The lowest BCUT2D eigenvalue weighted by atomic mass is 9.82. The number of nitrogens with zero attached hydrogens (tertiary/aromatic N) is 1. The second-order valence-corrected chi connectivity index (χ2v) is 22.3. The van der Waals surface area contributed by atoms with Crippen LogP contribution in [-0.2, 0) is 33.3 Å². The molecular weight excluding hydrogens is 1100 g/mol. The molecule has 0 aromatic rings. The molecule has 2 bridgehead atoms. The standard InChI is InChI=1S/C57H93N3O21.ClH/c1-33-19-17-15-13-11-9-7-8-10-12-14-16-18-20-40(80-55-52(72)48(50(70)36(4)79-55)59-32-57(76)53(73)51(71)44(67)31-77-57)28-45-47(54(74)58-23-24-60(5)6)43(66)30-56(75,81-45)29-42(65)41(64)22-21-37(61)25-38(62)26-39(63)27-46(68)78-35(3)34(2)49(33)69;/h7-20,33-45,47-53,55,59,61-67,69-73,75-76H,21-32H2,1-6H3,(H,58,74);1H/b8-7+,11-9+,12-10+,15-13+,16-14+,19-17+,20-18+;/t33-,34-,35-,36+,37+,38+,39+,40-,41+,42+,43-,44+,45-,47+,48-,49+,50+,51+,52-,53-,55-,56+,57?;/m0./s1. The van der Waals surface area contributed by atoms with E-state index in [4.69, 9.17) is 23.7 Å². The third-order valence-electron chi connectivity index (χ3n) is 15.1. The van der Waals surface area contributed by atoms with Crippen molar-refractivity contribution in [2.45, 2.75) is 201 Å². The van der Waals surface area contributed by atoms with E-state index in [1.807, 2.05) is 17.9 Å². The number of rotatable bonds is 9. The molecule has 4 aliphatic rings. The molecule has 0 aromatic carbocycles. The molecule has 1 unspecified atom stereocenters. The normalized spacial score (nSPS) is 44.1. The van der Waals surface area contributed by atoms with Crippen LogP contribution in [0.4, 0.5) is 0 Å². The molecule has 0 aromatic heterocycles. The maximum absolute atomic E-state index is 14.0. The topological polar surface area (TPSA) is 391 Å². The number of aliphatic hydroxyl groups excluding tert-OH is 12. The lowest BCUT2D eigenvalue weighted by molar-refractivity contribution is -0.323. The summed E-state index contributed by atoms with van der Waals surface area (Å²) in [6.07, 6.45) is -2.97. The van der Waals surface area contributed by atoms with Crippen molar-refractivity contribution < 1.29 is 105 Å². The van der Waals surface area contributed by atoms with Crippen LogP contribution < -0.4 is 10.6 Å². The molecule has 4 heterocycles. The molecule has 0 spiro atoms. The number of allylic oxidation sites excluding steroid dienone is 12. The Balaban J connectivity index is 0.0000176. The van der Waals surface area contributed by atoms with E-state index in [0.717, 1.165) is 0 Å². The zero-order valence-electron chi connectivity index (χ0n) is 47.7. The first-order valence-electron chi connectivity index (χ1n) is 27.9. The molecule has 0 aliphatic carbocycles. The molecule has 4 aliphatic heterocycles. The first kappa shape index (κ1) is 72.9. The van der Waals surface area contributed by atoms with Crippen LogP contribution in [0.1, 0.15) is 79.1 Å². The van der Waals surface area contributed by atoms with Crippen LogP contribution in [0.2, 0.25) is 0 Å². The van der Waals surface area contributed by atoms with Crippen LogP contribution in [0.3, 0.4) is 0 Å². The summed E-state index contributed by atoms with van der Waals surface area (Å²) in [5, 5.41) is 160. The minimum atomic E-state index is -2.46. The van der Waals surface area contributed by atoms with Gasteiger partial charge < -0.3 is 111 Å². The number of carbonyl (C=O) groups is 2. The second kappa shape index (κ2) is 35.3. The summed E-state index contributed by atoms with van der Waals surface area (Å²) < 4.78 is 29.3. The Morgan fingerprint density at radius 3 is 1.85 bits per heavy atom. The van der Waals surface area contributed by atoms with E-state index in [9.17, 15) is 81.1 Å². The number of cyclic esters (lactones) is 1. The number of nitrogens with one attached hydrogen (secondary N) is 2. The lowest BCUT2D eigenvalue weighted by Gasteiger charge is -2.47. The van der Waals surface area contributed by atoms with Crippen LogP contribution in [-0.4, -0.2) is 250 Å². The fourth-order valence-electron chi connectivity index (χ4n) is 10.0. The van der Waals surface area contributed by atoms with E-state index in [1.54, 1.807) is 101 Å². The molecule has 16 N–H and O–H groups in total. The SMILES string of the molecule is C[C@@H]1[C@H](O)[C@@H](C)/C=C/C=C/C=C/C=C/C=C/C=C/C=C/[C@H](O[C@@H]2O[C@H](C)[C@@H](O)[C@H](NCC3(O)OC[C@@H](O)[C@@H](O)[C@@H]3O)[C@@H]2O)C[C@@H]2O[C@](O)(C[C@@H](O)[C@H](O)CC[C@@H](O)C[C@@H](O)C[C@@H](O)CC(=O)O[C@H]1C)C[C@H](O)[C@H]2C(=O)NCCN(C)C.Cl. The van der Waals surface area contributed by atoms with Gasteiger partial charge in [0.2, 0.25) is 11.7 Å². The van der Waals surface area contributed by atoms with Gasteiger partial charge in [0.15, 0.2) is 12.1 Å². The number of amides is 1. The Bertz CT molecular complexity index is 2120. The maximum Gasteiger partial charge on any atom is 0.308 e. The van der Waals surface area contributed by atoms with Gasteiger partial charge in [0.25, 0.3) is 0 Å². The predicted octanol–water partition coefficient (Wildman–Crippen LogP) is -1.84. The molecule has 25 heteroatoms. The van der Waals surface area contributed by atoms with Crippen molar-refractivity contribution in [3.63, 3.8) is 0 Å². The predicted molar refractivity (Wildman–Crippen MR) is 301 cm³/mol. The summed E-state index contributed by atoms with van der Waals surface area (Å²) in [6, 6.07) is -1.34. The highest BCUT2D eigenvalue weighted by atomic mass is 35.5. The number of esters is 1. The fraction of sp³-hybridized carbons (Fsp3) is 0.719. The number of likely N-dealkylation sites (N-methyl/N-ethyl adjacent to an activating group) is 1. The van der Waals surface area contributed by atoms with Gasteiger partial charge in [-0.3, -0.25) is 9.59 Å². The van der Waals surface area contributed by atoms with E-state index in [-0.39, 0.29) is 57.0 Å². The van der Waals surface area contributed by atoms with Crippen LogP contribution >= 0.6 is 12.4 Å². The molecule has 1 amide bonds. The highest BCUT2D eigenvalue weighted by Gasteiger charge is 2.53. The summed E-state index contributed by atoms with van der Waals surface area (Å²) in [7, 11) is 3.59. The van der Waals surface area contributed by atoms with Gasteiger partial charge in [-0.15, -0.1) is 12.4 Å². The van der Waals surface area contributed by atoms with E-state index in [0.29, 0.717) is 6.54 Å². The van der Waals surface area contributed by atoms with Crippen LogP contribution in [0.5, 0.6) is 0 Å². The monoisotopic (exact) mass is 1190 g/mol. The highest BCUT2D eigenvalue weighted by Crippen LogP contribution is 2.38. The quantitative estimate of drug-likeness (QED) is 0.113. The average molecular weight is 1190 g/mol. The zero-order valence-corrected chi connectivity index (χ0v) is 48.5. The lowest BCUT2D eigenvalue weighted by Crippen LogP contribution is -2.69. The minimum absolute atomic E-state index is 0. The molecule has 23 atom stereocenters. The zero-order chi connectivity index (χ0) is 60.2. The summed E-state index contributed by atoms with van der Waals surface area (Å²) in [4.78, 5) is 28.5. The second-order valence-electron chi connectivity index (χ2n) is 22.3. The molecule has 3 saturated heterocycles. The number of aliphatic hydroxyl groups is 14. The van der Waals surface area contributed by atoms with E-state index in [2.05, 4.69) is 10.6 Å². The van der Waals surface area contributed by atoms with Gasteiger partial charge in [-0.1, -0.05) is 98.9 Å². The molecule has 0 saturated carbocycles. The maximum atomic E-state index is 14.0. The fourth-order valence-corrected chi connectivity index (χ4v) is 10.0. The third-order valence-corrected chi connectivity index (χ3v) is 15.1. The van der Waals surface area contributed by atoms with Crippen molar-refractivity contribution in [2.24, 2.45) is 17.8 Å². The average Bonchev–Trinajstić information content (AvgIpc) is 3.38. The van der Waals surface area contributed by atoms with Gasteiger partial charge in [0, 0.05) is 44.2 Å². The Morgan fingerprint density at radius 2 is 1.24 bits per heavy atom. The van der Waals surface area contributed by atoms with Crippen molar-refractivity contribution in [3.05, 3.63) is 85.1 Å². The van der Waals surface area contributed by atoms with Crippen molar-refractivity contribution in [1.82, 2.24) is 15.5 Å². The van der Waals surface area contributed by atoms with Gasteiger partial charge in [-0.2, -0.15) is 0 Å². The number of hydrogen-bond acceptors (Lipinski definition) is 23. The van der Waals surface area contributed by atoms with Crippen LogP contribution in [0, 0.1) is 17.8 Å². The van der Waals surface area contributed by atoms with E-state index >= 15 is 0 Å². The molecule has 0 radical (unpaired) electrons. The molecule has 470 valence electrons. The van der Waals surface area contributed by atoms with Crippen molar-refractivity contribution in [2.75, 3.05) is 40.3 Å². The summed E-state index contributed by atoms with van der Waals surface area (Å²) >= 11 is 0.